The molecule has 1 fully saturated rings. The molecule has 8 heteroatoms. The first-order chi connectivity index (χ1) is 14.3. The number of piperidine rings is 1. The van der Waals surface area contributed by atoms with Gasteiger partial charge in [0, 0.05) is 25.6 Å². The average molecular weight is 451 g/mol. The van der Waals surface area contributed by atoms with Gasteiger partial charge in [-0.15, -0.1) is 11.3 Å². The minimum absolute atomic E-state index is 0.0112. The normalized spacial score (nSPS) is 17.1. The van der Waals surface area contributed by atoms with E-state index >= 15 is 0 Å². The zero-order valence-corrected chi connectivity index (χ0v) is 19.3. The highest BCUT2D eigenvalue weighted by Gasteiger charge is 2.33. The summed E-state index contributed by atoms with van der Waals surface area (Å²) in [6.07, 6.45) is 1.52. The number of hydrogen-bond donors (Lipinski definition) is 1. The fourth-order valence-electron chi connectivity index (χ4n) is 3.68. The maximum Gasteiger partial charge on any atom is 0.252 e. The number of carbonyl (C=O) groups is 1. The van der Waals surface area contributed by atoms with Crippen molar-refractivity contribution in [3.63, 3.8) is 0 Å². The van der Waals surface area contributed by atoms with E-state index in [4.69, 9.17) is 4.74 Å². The van der Waals surface area contributed by atoms with Gasteiger partial charge >= 0.3 is 0 Å². The van der Waals surface area contributed by atoms with Gasteiger partial charge in [0.05, 0.1) is 6.10 Å². The Morgan fingerprint density at radius 2 is 1.83 bits per heavy atom. The molecule has 1 aromatic carbocycles. The van der Waals surface area contributed by atoms with Crippen molar-refractivity contribution in [3.05, 3.63) is 47.3 Å². The Hall–Kier alpha value is -1.90. The van der Waals surface area contributed by atoms with Crippen LogP contribution in [0.25, 0.3) is 0 Å². The lowest BCUT2D eigenvalue weighted by Crippen LogP contribution is -2.42. The molecular formula is C22H30N2O4S2. The van der Waals surface area contributed by atoms with Crippen molar-refractivity contribution >= 4 is 27.3 Å². The standard InChI is InChI=1S/C22H30N2O4S2/c1-16(2)28-20-8-6-18(7-9-20)15-23-22(25)17(3)19-10-12-24(13-11-19)30(26,27)21-5-4-14-29-21/h4-9,14,16-17,19H,10-13,15H2,1-3H3,(H,23,25)/t17-/m0/s1. The molecule has 0 bridgehead atoms. The molecular weight excluding hydrogens is 420 g/mol. The van der Waals surface area contributed by atoms with Crippen LogP contribution in [0.1, 0.15) is 39.2 Å². The second-order valence-corrected chi connectivity index (χ2v) is 11.1. The molecule has 2 aromatic rings. The van der Waals surface area contributed by atoms with Gasteiger partial charge in [0.2, 0.25) is 5.91 Å². The lowest BCUT2D eigenvalue weighted by atomic mass is 9.85. The van der Waals surface area contributed by atoms with Gasteiger partial charge in [-0.1, -0.05) is 25.1 Å². The predicted octanol–water partition coefficient (Wildman–Crippen LogP) is 3.89. The molecule has 0 radical (unpaired) electrons. The van der Waals surface area contributed by atoms with Gasteiger partial charge in [-0.2, -0.15) is 4.31 Å². The Labute approximate surface area is 183 Å². The molecule has 1 aliphatic heterocycles. The van der Waals surface area contributed by atoms with E-state index in [1.807, 2.05) is 45.0 Å². The molecule has 2 heterocycles. The van der Waals surface area contributed by atoms with Crippen LogP contribution in [0.15, 0.2) is 46.0 Å². The highest BCUT2D eigenvalue weighted by Crippen LogP contribution is 2.30. The number of benzene rings is 1. The minimum Gasteiger partial charge on any atom is -0.491 e. The van der Waals surface area contributed by atoms with Crippen LogP contribution in [0.2, 0.25) is 0 Å². The van der Waals surface area contributed by atoms with Crippen LogP contribution in [0.3, 0.4) is 0 Å². The first-order valence-electron chi connectivity index (χ1n) is 10.3. The number of sulfonamides is 1. The van der Waals surface area contributed by atoms with Crippen LogP contribution >= 0.6 is 11.3 Å². The first kappa shape index (κ1) is 22.8. The maximum absolute atomic E-state index is 12.6. The molecule has 1 N–H and O–H groups in total. The van der Waals surface area contributed by atoms with E-state index in [-0.39, 0.29) is 23.8 Å². The Morgan fingerprint density at radius 3 is 2.40 bits per heavy atom. The second-order valence-electron chi connectivity index (χ2n) is 7.99. The van der Waals surface area contributed by atoms with Gasteiger partial charge < -0.3 is 10.1 Å². The third kappa shape index (κ3) is 5.62. The first-order valence-corrected chi connectivity index (χ1v) is 12.7. The smallest absolute Gasteiger partial charge is 0.252 e. The highest BCUT2D eigenvalue weighted by atomic mass is 32.2. The molecule has 30 heavy (non-hydrogen) atoms. The van der Waals surface area contributed by atoms with Gasteiger partial charge in [-0.05, 0) is 61.7 Å². The predicted molar refractivity (Wildman–Crippen MR) is 119 cm³/mol. The van der Waals surface area contributed by atoms with Crippen LogP contribution in [0.5, 0.6) is 5.75 Å². The Morgan fingerprint density at radius 1 is 1.17 bits per heavy atom. The van der Waals surface area contributed by atoms with Crippen LogP contribution in [-0.4, -0.2) is 37.8 Å². The molecule has 1 saturated heterocycles. The molecule has 3 rings (SSSR count). The number of nitrogens with zero attached hydrogens (tertiary/aromatic N) is 1. The number of nitrogens with one attached hydrogen (secondary N) is 1. The molecule has 0 saturated carbocycles. The SMILES string of the molecule is CC(C)Oc1ccc(CNC(=O)[C@@H](C)C2CCN(S(=O)(=O)c3cccs3)CC2)cc1. The number of carbonyl (C=O) groups excluding carboxylic acids is 1. The summed E-state index contributed by atoms with van der Waals surface area (Å²) in [4.78, 5) is 12.6. The summed E-state index contributed by atoms with van der Waals surface area (Å²) in [5.74, 6) is 0.858. The lowest BCUT2D eigenvalue weighted by Gasteiger charge is -2.33. The fraction of sp³-hybridized carbons (Fsp3) is 0.500. The van der Waals surface area contributed by atoms with Gasteiger partial charge in [0.25, 0.3) is 10.0 Å². The third-order valence-electron chi connectivity index (χ3n) is 5.47. The van der Waals surface area contributed by atoms with Gasteiger partial charge in [-0.25, -0.2) is 8.42 Å². The van der Waals surface area contributed by atoms with Crippen LogP contribution in [0.4, 0.5) is 0 Å². The van der Waals surface area contributed by atoms with Crippen molar-refractivity contribution in [1.29, 1.82) is 0 Å². The maximum atomic E-state index is 12.6. The molecule has 1 aromatic heterocycles. The molecule has 1 amide bonds. The molecule has 0 spiro atoms. The largest absolute Gasteiger partial charge is 0.491 e. The zero-order valence-electron chi connectivity index (χ0n) is 17.7. The van der Waals surface area contributed by atoms with Gasteiger partial charge in [-0.3, -0.25) is 4.79 Å². The van der Waals surface area contributed by atoms with E-state index in [2.05, 4.69) is 5.32 Å². The van der Waals surface area contributed by atoms with Crippen molar-refractivity contribution in [2.75, 3.05) is 13.1 Å². The third-order valence-corrected chi connectivity index (χ3v) is 8.74. The average Bonchev–Trinajstić information content (AvgIpc) is 3.28. The van der Waals surface area contributed by atoms with E-state index in [1.54, 1.807) is 21.8 Å². The summed E-state index contributed by atoms with van der Waals surface area (Å²) >= 11 is 1.24. The minimum atomic E-state index is -3.40. The lowest BCUT2D eigenvalue weighted by molar-refractivity contribution is -0.126. The Balaban J connectivity index is 1.48. The summed E-state index contributed by atoms with van der Waals surface area (Å²) in [6, 6.07) is 11.1. The van der Waals surface area contributed by atoms with Crippen molar-refractivity contribution in [2.24, 2.45) is 11.8 Å². The zero-order chi connectivity index (χ0) is 21.7. The van der Waals surface area contributed by atoms with Crippen LogP contribution in [-0.2, 0) is 21.4 Å². The summed E-state index contributed by atoms with van der Waals surface area (Å²) in [5.41, 5.74) is 1.02. The van der Waals surface area contributed by atoms with E-state index in [0.29, 0.717) is 36.7 Å². The monoisotopic (exact) mass is 450 g/mol. The summed E-state index contributed by atoms with van der Waals surface area (Å²) < 4.78 is 32.9. The number of amides is 1. The number of rotatable bonds is 8. The van der Waals surface area contributed by atoms with E-state index in [0.717, 1.165) is 11.3 Å². The highest BCUT2D eigenvalue weighted by molar-refractivity contribution is 7.91. The number of hydrogen-bond acceptors (Lipinski definition) is 5. The van der Waals surface area contributed by atoms with Crippen molar-refractivity contribution in [1.82, 2.24) is 9.62 Å². The fourth-order valence-corrected chi connectivity index (χ4v) is 6.29. The van der Waals surface area contributed by atoms with E-state index in [1.165, 1.54) is 11.3 Å². The molecule has 0 unspecified atom stereocenters. The molecule has 0 aliphatic carbocycles. The number of ether oxygens (including phenoxy) is 1. The van der Waals surface area contributed by atoms with Crippen LogP contribution < -0.4 is 10.1 Å². The van der Waals surface area contributed by atoms with Crippen LogP contribution in [0, 0.1) is 11.8 Å². The molecule has 1 atom stereocenters. The summed E-state index contributed by atoms with van der Waals surface area (Å²) in [7, 11) is -3.40. The Bertz CT molecular complexity index is 917. The quantitative estimate of drug-likeness (QED) is 0.662. The van der Waals surface area contributed by atoms with Gasteiger partial charge in [0.15, 0.2) is 0 Å². The number of thiophene rings is 1. The topological polar surface area (TPSA) is 75.7 Å². The van der Waals surface area contributed by atoms with Crippen molar-refractivity contribution in [2.45, 2.75) is 50.5 Å². The summed E-state index contributed by atoms with van der Waals surface area (Å²) in [5, 5.41) is 4.78. The van der Waals surface area contributed by atoms with Gasteiger partial charge in [0.1, 0.15) is 9.96 Å². The molecule has 6 nitrogen and oxygen atoms in total. The Kier molecular flexibility index (Phi) is 7.55. The second kappa shape index (κ2) is 9.94. The van der Waals surface area contributed by atoms with E-state index < -0.39 is 10.0 Å². The molecule has 164 valence electrons. The van der Waals surface area contributed by atoms with E-state index in [9.17, 15) is 13.2 Å². The molecule has 1 aliphatic rings. The van der Waals surface area contributed by atoms with Crippen molar-refractivity contribution < 1.29 is 17.9 Å². The van der Waals surface area contributed by atoms with Crippen molar-refractivity contribution in [3.8, 4) is 5.75 Å². The summed E-state index contributed by atoms with van der Waals surface area (Å²) in [6.45, 7) is 7.29.